The fraction of sp³-hybridized carbons (Fsp3) is 0.500. The molecule has 0 bridgehead atoms. The first kappa shape index (κ1) is 11.0. The van der Waals surface area contributed by atoms with Crippen molar-refractivity contribution in [1.82, 2.24) is 0 Å². The van der Waals surface area contributed by atoms with Crippen molar-refractivity contribution < 1.29 is 4.39 Å². The minimum atomic E-state index is -0.139. The van der Waals surface area contributed by atoms with Crippen LogP contribution in [0.2, 0.25) is 0 Å². The predicted molar refractivity (Wildman–Crippen MR) is 59.1 cm³/mol. The van der Waals surface area contributed by atoms with Gasteiger partial charge in [0, 0.05) is 11.7 Å². The summed E-state index contributed by atoms with van der Waals surface area (Å²) in [6, 6.07) is 5.65. The molecule has 0 unspecified atom stereocenters. The topological polar surface area (TPSA) is 12.0 Å². The summed E-state index contributed by atoms with van der Waals surface area (Å²) in [4.78, 5) is 0. The van der Waals surface area contributed by atoms with Gasteiger partial charge in [-0.1, -0.05) is 13.8 Å². The molecule has 78 valence electrons. The van der Waals surface area contributed by atoms with E-state index in [4.69, 9.17) is 0 Å². The third kappa shape index (κ3) is 2.72. The molecule has 0 fully saturated rings. The molecule has 0 aromatic heterocycles. The number of aryl methyl sites for hydroxylation is 1. The molecule has 1 aromatic carbocycles. The van der Waals surface area contributed by atoms with Crippen LogP contribution in [-0.2, 0) is 0 Å². The van der Waals surface area contributed by atoms with Crippen LogP contribution in [0, 0.1) is 12.7 Å². The molecule has 0 aliphatic rings. The average Bonchev–Trinajstić information content (AvgIpc) is 2.19. The molecule has 0 aliphatic carbocycles. The van der Waals surface area contributed by atoms with Crippen molar-refractivity contribution in [2.75, 3.05) is 5.32 Å². The lowest BCUT2D eigenvalue weighted by atomic mass is 10.1. The highest BCUT2D eigenvalue weighted by molar-refractivity contribution is 5.46. The van der Waals surface area contributed by atoms with Crippen molar-refractivity contribution in [3.63, 3.8) is 0 Å². The highest BCUT2D eigenvalue weighted by atomic mass is 19.1. The molecular formula is C12H18FN. The zero-order valence-electron chi connectivity index (χ0n) is 9.10. The Morgan fingerprint density at radius 3 is 2.43 bits per heavy atom. The van der Waals surface area contributed by atoms with Crippen LogP contribution >= 0.6 is 0 Å². The monoisotopic (exact) mass is 195 g/mol. The molecular weight excluding hydrogens is 177 g/mol. The van der Waals surface area contributed by atoms with E-state index in [9.17, 15) is 4.39 Å². The van der Waals surface area contributed by atoms with Crippen LogP contribution in [0.25, 0.3) is 0 Å². The second-order valence-corrected chi connectivity index (χ2v) is 3.62. The van der Waals surface area contributed by atoms with Gasteiger partial charge in [0.05, 0.1) is 0 Å². The van der Waals surface area contributed by atoms with E-state index >= 15 is 0 Å². The number of nitrogens with one attached hydrogen (secondary N) is 1. The number of benzene rings is 1. The molecule has 0 aliphatic heterocycles. The molecule has 0 heterocycles. The Hall–Kier alpha value is -1.05. The minimum Gasteiger partial charge on any atom is -0.382 e. The van der Waals surface area contributed by atoms with E-state index in [1.165, 1.54) is 6.07 Å². The van der Waals surface area contributed by atoms with Gasteiger partial charge in [-0.3, -0.25) is 0 Å². The van der Waals surface area contributed by atoms with E-state index in [1.807, 2.05) is 6.07 Å². The second-order valence-electron chi connectivity index (χ2n) is 3.62. The summed E-state index contributed by atoms with van der Waals surface area (Å²) in [7, 11) is 0. The Bertz CT molecular complexity index is 292. The molecule has 14 heavy (non-hydrogen) atoms. The number of hydrogen-bond acceptors (Lipinski definition) is 1. The van der Waals surface area contributed by atoms with Gasteiger partial charge in [0.2, 0.25) is 0 Å². The van der Waals surface area contributed by atoms with Gasteiger partial charge in [0.25, 0.3) is 0 Å². The molecule has 0 saturated heterocycles. The molecule has 0 radical (unpaired) electrons. The lowest BCUT2D eigenvalue weighted by molar-refractivity contribution is 0.618. The maximum atomic E-state index is 13.0. The van der Waals surface area contributed by atoms with E-state index in [0.29, 0.717) is 11.6 Å². The van der Waals surface area contributed by atoms with Crippen molar-refractivity contribution >= 4 is 5.69 Å². The van der Waals surface area contributed by atoms with E-state index in [1.54, 1.807) is 13.0 Å². The quantitative estimate of drug-likeness (QED) is 0.771. The normalized spacial score (nSPS) is 10.6. The average molecular weight is 195 g/mol. The van der Waals surface area contributed by atoms with Crippen LogP contribution in [0.4, 0.5) is 10.1 Å². The summed E-state index contributed by atoms with van der Waals surface area (Å²) in [6.07, 6.45) is 2.18. The first-order chi connectivity index (χ1) is 6.67. The Morgan fingerprint density at radius 1 is 1.29 bits per heavy atom. The van der Waals surface area contributed by atoms with Gasteiger partial charge in [-0.05, 0) is 43.5 Å². The van der Waals surface area contributed by atoms with Crippen LogP contribution in [0.1, 0.15) is 32.3 Å². The van der Waals surface area contributed by atoms with Crippen LogP contribution in [0.15, 0.2) is 18.2 Å². The largest absolute Gasteiger partial charge is 0.382 e. The third-order valence-electron chi connectivity index (χ3n) is 2.51. The molecule has 0 saturated carbocycles. The standard InChI is InChI=1S/C12H18FN/c1-4-10(5-2)14-11-6-7-12(13)9(3)8-11/h6-8,10,14H,4-5H2,1-3H3. The van der Waals surface area contributed by atoms with E-state index in [0.717, 1.165) is 18.5 Å². The number of rotatable bonds is 4. The van der Waals surface area contributed by atoms with E-state index in [2.05, 4.69) is 19.2 Å². The summed E-state index contributed by atoms with van der Waals surface area (Å²) in [5.41, 5.74) is 1.71. The minimum absolute atomic E-state index is 0.139. The Labute approximate surface area is 85.3 Å². The van der Waals surface area contributed by atoms with Gasteiger partial charge >= 0.3 is 0 Å². The van der Waals surface area contributed by atoms with Crippen molar-refractivity contribution in [3.05, 3.63) is 29.6 Å². The van der Waals surface area contributed by atoms with Crippen LogP contribution < -0.4 is 5.32 Å². The first-order valence-corrected chi connectivity index (χ1v) is 5.20. The molecule has 0 atom stereocenters. The summed E-state index contributed by atoms with van der Waals surface area (Å²) in [5, 5.41) is 3.38. The molecule has 1 rings (SSSR count). The zero-order valence-corrected chi connectivity index (χ0v) is 9.10. The van der Waals surface area contributed by atoms with Crippen LogP contribution in [0.5, 0.6) is 0 Å². The Balaban J connectivity index is 2.72. The lowest BCUT2D eigenvalue weighted by Crippen LogP contribution is -2.16. The van der Waals surface area contributed by atoms with Crippen molar-refractivity contribution in [2.45, 2.75) is 39.7 Å². The van der Waals surface area contributed by atoms with E-state index in [-0.39, 0.29) is 5.82 Å². The maximum Gasteiger partial charge on any atom is 0.126 e. The Kier molecular flexibility index (Phi) is 3.93. The first-order valence-electron chi connectivity index (χ1n) is 5.20. The molecule has 0 spiro atoms. The van der Waals surface area contributed by atoms with E-state index < -0.39 is 0 Å². The molecule has 1 nitrogen and oxygen atoms in total. The highest BCUT2D eigenvalue weighted by Crippen LogP contribution is 2.16. The van der Waals surface area contributed by atoms with Gasteiger partial charge in [0.15, 0.2) is 0 Å². The lowest BCUT2D eigenvalue weighted by Gasteiger charge is -2.16. The summed E-state index contributed by atoms with van der Waals surface area (Å²) < 4.78 is 13.0. The summed E-state index contributed by atoms with van der Waals surface area (Å²) >= 11 is 0. The van der Waals surface area contributed by atoms with Gasteiger partial charge in [0.1, 0.15) is 5.82 Å². The Morgan fingerprint density at radius 2 is 1.93 bits per heavy atom. The molecule has 2 heteroatoms. The third-order valence-corrected chi connectivity index (χ3v) is 2.51. The van der Waals surface area contributed by atoms with Crippen molar-refractivity contribution in [3.8, 4) is 0 Å². The number of anilines is 1. The fourth-order valence-electron chi connectivity index (χ4n) is 1.46. The highest BCUT2D eigenvalue weighted by Gasteiger charge is 2.04. The molecule has 0 amide bonds. The fourth-order valence-corrected chi connectivity index (χ4v) is 1.46. The van der Waals surface area contributed by atoms with Gasteiger partial charge < -0.3 is 5.32 Å². The summed E-state index contributed by atoms with van der Waals surface area (Å²) in [5.74, 6) is -0.139. The number of halogens is 1. The van der Waals surface area contributed by atoms with Gasteiger partial charge in [-0.15, -0.1) is 0 Å². The second kappa shape index (κ2) is 4.99. The smallest absolute Gasteiger partial charge is 0.126 e. The van der Waals surface area contributed by atoms with Crippen molar-refractivity contribution in [1.29, 1.82) is 0 Å². The number of hydrogen-bond donors (Lipinski definition) is 1. The van der Waals surface area contributed by atoms with Crippen molar-refractivity contribution in [2.24, 2.45) is 0 Å². The summed E-state index contributed by atoms with van der Waals surface area (Å²) in [6.45, 7) is 6.09. The van der Waals surface area contributed by atoms with Crippen LogP contribution in [-0.4, -0.2) is 6.04 Å². The van der Waals surface area contributed by atoms with Crippen LogP contribution in [0.3, 0.4) is 0 Å². The molecule has 1 aromatic rings. The predicted octanol–water partition coefficient (Wildman–Crippen LogP) is 3.73. The van der Waals surface area contributed by atoms with Gasteiger partial charge in [-0.2, -0.15) is 0 Å². The molecule has 1 N–H and O–H groups in total. The zero-order chi connectivity index (χ0) is 10.6. The SMILES string of the molecule is CCC(CC)Nc1ccc(F)c(C)c1. The maximum absolute atomic E-state index is 13.0. The van der Waals surface area contributed by atoms with Gasteiger partial charge in [-0.25, -0.2) is 4.39 Å².